The highest BCUT2D eigenvalue weighted by Crippen LogP contribution is 2.27. The number of carbonyl (C=O) groups excluding carboxylic acids is 1. The number of amides is 1. The van der Waals surface area contributed by atoms with E-state index in [0.29, 0.717) is 34.5 Å². The first-order valence-electron chi connectivity index (χ1n) is 8.82. The van der Waals surface area contributed by atoms with Crippen molar-refractivity contribution in [1.29, 1.82) is 0 Å². The molecule has 0 spiro atoms. The Balaban J connectivity index is 1.65. The van der Waals surface area contributed by atoms with Gasteiger partial charge in [0, 0.05) is 17.9 Å². The number of rotatable bonds is 7. The molecule has 1 heterocycles. The number of nitrogens with zero attached hydrogens (tertiary/aromatic N) is 3. The second-order valence-corrected chi connectivity index (χ2v) is 7.93. The van der Waals surface area contributed by atoms with Gasteiger partial charge in [-0.2, -0.15) is 0 Å². The molecule has 0 fully saturated rings. The van der Waals surface area contributed by atoms with Gasteiger partial charge in [0.05, 0.1) is 16.6 Å². The molecule has 3 rings (SSSR count). The van der Waals surface area contributed by atoms with Crippen LogP contribution in [0.3, 0.4) is 0 Å². The second kappa shape index (κ2) is 9.45. The van der Waals surface area contributed by atoms with Crippen LogP contribution >= 0.6 is 35.0 Å². The molecule has 0 aliphatic carbocycles. The molecule has 0 unspecified atom stereocenters. The zero-order valence-corrected chi connectivity index (χ0v) is 17.9. The molecule has 0 saturated carbocycles. The first-order chi connectivity index (χ1) is 13.5. The number of carbonyl (C=O) groups is 1. The van der Waals surface area contributed by atoms with E-state index in [2.05, 4.69) is 15.5 Å². The lowest BCUT2D eigenvalue weighted by molar-refractivity contribution is 0.0949. The van der Waals surface area contributed by atoms with Crippen molar-refractivity contribution < 1.29 is 4.79 Å². The molecule has 3 aromatic rings. The molecule has 5 nitrogen and oxygen atoms in total. The van der Waals surface area contributed by atoms with Gasteiger partial charge >= 0.3 is 0 Å². The number of halogens is 2. The summed E-state index contributed by atoms with van der Waals surface area (Å²) in [7, 11) is 0. The number of thioether (sulfide) groups is 1. The highest BCUT2D eigenvalue weighted by molar-refractivity contribution is 7.98. The van der Waals surface area contributed by atoms with Crippen molar-refractivity contribution in [3.8, 4) is 0 Å². The van der Waals surface area contributed by atoms with Crippen molar-refractivity contribution in [2.45, 2.75) is 37.8 Å². The molecule has 0 radical (unpaired) electrons. The maximum absolute atomic E-state index is 12.4. The summed E-state index contributed by atoms with van der Waals surface area (Å²) < 4.78 is 2.00. The number of hydrogen-bond donors (Lipinski definition) is 1. The highest BCUT2D eigenvalue weighted by Gasteiger charge is 2.14. The quantitative estimate of drug-likeness (QED) is 0.523. The summed E-state index contributed by atoms with van der Waals surface area (Å²) >= 11 is 13.6. The van der Waals surface area contributed by atoms with Crippen LogP contribution in [0.5, 0.6) is 0 Å². The Bertz CT molecular complexity index is 990. The lowest BCUT2D eigenvalue weighted by Gasteiger charge is -2.10. The van der Waals surface area contributed by atoms with Gasteiger partial charge in [0.25, 0.3) is 5.91 Å². The molecule has 146 valence electrons. The van der Waals surface area contributed by atoms with E-state index in [1.54, 1.807) is 17.8 Å². The predicted molar refractivity (Wildman–Crippen MR) is 114 cm³/mol. The maximum Gasteiger partial charge on any atom is 0.251 e. The zero-order chi connectivity index (χ0) is 20.1. The minimum absolute atomic E-state index is 0.117. The first kappa shape index (κ1) is 20.7. The summed E-state index contributed by atoms with van der Waals surface area (Å²) in [5.41, 5.74) is 2.66. The van der Waals surface area contributed by atoms with E-state index in [0.717, 1.165) is 22.1 Å². The highest BCUT2D eigenvalue weighted by atomic mass is 35.5. The van der Waals surface area contributed by atoms with Crippen LogP contribution in [-0.2, 0) is 18.8 Å². The fourth-order valence-electron chi connectivity index (χ4n) is 2.73. The first-order valence-corrected chi connectivity index (χ1v) is 10.6. The van der Waals surface area contributed by atoms with Gasteiger partial charge in [-0.3, -0.25) is 4.79 Å². The summed E-state index contributed by atoms with van der Waals surface area (Å²) in [4.78, 5) is 12.4. The summed E-state index contributed by atoms with van der Waals surface area (Å²) in [6.45, 7) is 4.98. The summed E-state index contributed by atoms with van der Waals surface area (Å²) in [6, 6.07) is 13.1. The van der Waals surface area contributed by atoms with E-state index in [4.69, 9.17) is 23.2 Å². The van der Waals surface area contributed by atoms with Gasteiger partial charge in [-0.1, -0.05) is 59.2 Å². The molecule has 0 atom stereocenters. The van der Waals surface area contributed by atoms with E-state index in [1.165, 1.54) is 0 Å². The topological polar surface area (TPSA) is 59.8 Å². The monoisotopic (exact) mass is 434 g/mol. The van der Waals surface area contributed by atoms with Crippen molar-refractivity contribution in [3.05, 3.63) is 75.0 Å². The SMILES string of the molecule is CCn1c(CNC(=O)c2ccccc2C)nnc1SCc1ccc(Cl)c(Cl)c1. The van der Waals surface area contributed by atoms with Crippen LogP contribution in [0.1, 0.15) is 34.2 Å². The van der Waals surface area contributed by atoms with Crippen LogP contribution in [0.2, 0.25) is 10.0 Å². The van der Waals surface area contributed by atoms with Gasteiger partial charge in [0.15, 0.2) is 11.0 Å². The van der Waals surface area contributed by atoms with Crippen molar-refractivity contribution in [2.24, 2.45) is 0 Å². The van der Waals surface area contributed by atoms with Crippen LogP contribution in [0.25, 0.3) is 0 Å². The lowest BCUT2D eigenvalue weighted by atomic mass is 10.1. The van der Waals surface area contributed by atoms with Crippen LogP contribution in [0.4, 0.5) is 0 Å². The Morgan fingerprint density at radius 3 is 2.64 bits per heavy atom. The molecule has 2 aromatic carbocycles. The van der Waals surface area contributed by atoms with Crippen molar-refractivity contribution >= 4 is 40.9 Å². The number of nitrogens with one attached hydrogen (secondary N) is 1. The van der Waals surface area contributed by atoms with E-state index >= 15 is 0 Å². The van der Waals surface area contributed by atoms with Crippen molar-refractivity contribution in [2.75, 3.05) is 0 Å². The number of benzene rings is 2. The maximum atomic E-state index is 12.4. The second-order valence-electron chi connectivity index (χ2n) is 6.18. The normalized spacial score (nSPS) is 10.9. The Morgan fingerprint density at radius 2 is 1.93 bits per heavy atom. The van der Waals surface area contributed by atoms with Gasteiger partial charge in [-0.05, 0) is 43.2 Å². The van der Waals surface area contributed by atoms with Gasteiger partial charge in [-0.15, -0.1) is 10.2 Å². The van der Waals surface area contributed by atoms with Crippen LogP contribution in [0, 0.1) is 6.92 Å². The Hall–Kier alpha value is -2.02. The molecule has 0 saturated heterocycles. The fraction of sp³-hybridized carbons (Fsp3) is 0.250. The zero-order valence-electron chi connectivity index (χ0n) is 15.6. The molecule has 28 heavy (non-hydrogen) atoms. The Labute approximate surface area is 178 Å². The average molecular weight is 435 g/mol. The third-order valence-corrected chi connectivity index (χ3v) is 6.04. The van der Waals surface area contributed by atoms with Crippen molar-refractivity contribution in [3.63, 3.8) is 0 Å². The molecule has 0 bridgehead atoms. The molecular weight excluding hydrogens is 415 g/mol. The fourth-order valence-corrected chi connectivity index (χ4v) is 4.02. The Morgan fingerprint density at radius 1 is 1.14 bits per heavy atom. The van der Waals surface area contributed by atoms with Gasteiger partial charge in [0.1, 0.15) is 0 Å². The van der Waals surface area contributed by atoms with Crippen LogP contribution in [-0.4, -0.2) is 20.7 Å². The standard InChI is InChI=1S/C20H20Cl2N4OS/c1-3-26-18(11-23-19(27)15-7-5-4-6-13(15)2)24-25-20(26)28-12-14-8-9-16(21)17(22)10-14/h4-10H,3,11-12H2,1-2H3,(H,23,27). The average Bonchev–Trinajstić information content (AvgIpc) is 3.09. The van der Waals surface area contributed by atoms with E-state index < -0.39 is 0 Å². The molecular formula is C20H20Cl2N4OS. The van der Waals surface area contributed by atoms with Crippen LogP contribution < -0.4 is 5.32 Å². The molecule has 8 heteroatoms. The number of aryl methyl sites for hydroxylation is 1. The van der Waals surface area contributed by atoms with Gasteiger partial charge in [-0.25, -0.2) is 0 Å². The van der Waals surface area contributed by atoms with Gasteiger partial charge < -0.3 is 9.88 Å². The third kappa shape index (κ3) is 4.87. The number of hydrogen-bond acceptors (Lipinski definition) is 4. The largest absolute Gasteiger partial charge is 0.345 e. The Kier molecular flexibility index (Phi) is 6.99. The van der Waals surface area contributed by atoms with E-state index in [9.17, 15) is 4.79 Å². The minimum Gasteiger partial charge on any atom is -0.345 e. The molecule has 1 aromatic heterocycles. The summed E-state index contributed by atoms with van der Waals surface area (Å²) in [5.74, 6) is 1.31. The van der Waals surface area contributed by atoms with Crippen LogP contribution in [0.15, 0.2) is 47.6 Å². The third-order valence-electron chi connectivity index (χ3n) is 4.26. The van der Waals surface area contributed by atoms with Crippen molar-refractivity contribution in [1.82, 2.24) is 20.1 Å². The molecule has 0 aliphatic rings. The number of aromatic nitrogens is 3. The molecule has 0 aliphatic heterocycles. The van der Waals surface area contributed by atoms with E-state index in [1.807, 2.05) is 54.8 Å². The van der Waals surface area contributed by atoms with Gasteiger partial charge in [0.2, 0.25) is 0 Å². The van der Waals surface area contributed by atoms with E-state index in [-0.39, 0.29) is 5.91 Å². The summed E-state index contributed by atoms with van der Waals surface area (Å²) in [6.07, 6.45) is 0. The minimum atomic E-state index is -0.117. The smallest absolute Gasteiger partial charge is 0.251 e. The predicted octanol–water partition coefficient (Wildman–Crippen LogP) is 5.14. The lowest BCUT2D eigenvalue weighted by Crippen LogP contribution is -2.25. The molecule has 1 amide bonds. The summed E-state index contributed by atoms with van der Waals surface area (Å²) in [5, 5.41) is 13.3. The molecule has 1 N–H and O–H groups in total.